The molecule has 0 aliphatic carbocycles. The minimum atomic E-state index is 0.0308. The highest BCUT2D eigenvalue weighted by Crippen LogP contribution is 2.41. The van der Waals surface area contributed by atoms with Gasteiger partial charge in [0.15, 0.2) is 5.11 Å². The zero-order valence-electron chi connectivity index (χ0n) is 16.6. The van der Waals surface area contributed by atoms with Crippen molar-refractivity contribution in [2.45, 2.75) is 45.9 Å². The summed E-state index contributed by atoms with van der Waals surface area (Å²) in [6, 6.07) is 19.0. The molecule has 0 saturated carbocycles. The van der Waals surface area contributed by atoms with Gasteiger partial charge in [-0.2, -0.15) is 0 Å². The van der Waals surface area contributed by atoms with Gasteiger partial charge in [0, 0.05) is 30.7 Å². The van der Waals surface area contributed by atoms with Crippen LogP contribution in [0, 0.1) is 13.8 Å². The molecule has 0 amide bonds. The molecule has 1 saturated heterocycles. The molecule has 1 fully saturated rings. The van der Waals surface area contributed by atoms with Crippen molar-refractivity contribution < 1.29 is 0 Å². The van der Waals surface area contributed by atoms with Crippen molar-refractivity contribution in [3.8, 4) is 0 Å². The summed E-state index contributed by atoms with van der Waals surface area (Å²) in [5.41, 5.74) is 6.18. The van der Waals surface area contributed by atoms with Crippen LogP contribution >= 0.6 is 12.2 Å². The van der Waals surface area contributed by atoms with E-state index >= 15 is 0 Å². The highest BCUT2D eigenvalue weighted by molar-refractivity contribution is 7.80. The summed E-state index contributed by atoms with van der Waals surface area (Å²) in [4.78, 5) is 6.95. The van der Waals surface area contributed by atoms with E-state index in [1.165, 1.54) is 22.5 Å². The van der Waals surface area contributed by atoms with Crippen molar-refractivity contribution >= 4 is 17.3 Å². The second-order valence-corrected chi connectivity index (χ2v) is 7.70. The minimum Gasteiger partial charge on any atom is -0.352 e. The van der Waals surface area contributed by atoms with Gasteiger partial charge in [0.2, 0.25) is 0 Å². The summed E-state index contributed by atoms with van der Waals surface area (Å²) in [5, 5.41) is 4.33. The molecule has 3 aromatic rings. The van der Waals surface area contributed by atoms with Crippen LogP contribution in [0.2, 0.25) is 0 Å². The van der Waals surface area contributed by atoms with Gasteiger partial charge >= 0.3 is 0 Å². The predicted octanol–water partition coefficient (Wildman–Crippen LogP) is 4.69. The molecule has 1 aliphatic rings. The van der Waals surface area contributed by atoms with Crippen LogP contribution in [0.1, 0.15) is 47.2 Å². The highest BCUT2D eigenvalue weighted by atomic mass is 32.1. The van der Waals surface area contributed by atoms with Crippen LogP contribution in [-0.2, 0) is 13.1 Å². The minimum absolute atomic E-state index is 0.0308. The second kappa shape index (κ2) is 7.76. The Balaban J connectivity index is 1.80. The molecule has 2 aromatic heterocycles. The molecule has 0 radical (unpaired) electrons. The fourth-order valence-corrected chi connectivity index (χ4v) is 4.61. The van der Waals surface area contributed by atoms with Crippen LogP contribution in [0.25, 0.3) is 0 Å². The van der Waals surface area contributed by atoms with Crippen molar-refractivity contribution in [1.29, 1.82) is 0 Å². The third-order valence-electron chi connectivity index (χ3n) is 5.64. The maximum atomic E-state index is 5.79. The Labute approximate surface area is 172 Å². The number of benzene rings is 1. The number of hydrogen-bond acceptors (Lipinski definition) is 2. The van der Waals surface area contributed by atoms with E-state index in [4.69, 9.17) is 12.2 Å². The molecule has 1 aromatic carbocycles. The van der Waals surface area contributed by atoms with E-state index in [0.717, 1.165) is 23.9 Å². The smallest absolute Gasteiger partial charge is 0.170 e. The zero-order chi connectivity index (χ0) is 19.7. The first-order chi connectivity index (χ1) is 13.6. The van der Waals surface area contributed by atoms with Gasteiger partial charge in [0.05, 0.1) is 17.8 Å². The zero-order valence-corrected chi connectivity index (χ0v) is 17.4. The Kier molecular flexibility index (Phi) is 5.18. The molecule has 4 rings (SSSR count). The molecule has 28 heavy (non-hydrogen) atoms. The number of hydrogen-bond donors (Lipinski definition) is 1. The first-order valence-corrected chi connectivity index (χ1v) is 10.2. The van der Waals surface area contributed by atoms with Crippen LogP contribution in [0.3, 0.4) is 0 Å². The Morgan fingerprint density at radius 3 is 2.46 bits per heavy atom. The molecule has 2 atom stereocenters. The molecule has 1 aliphatic heterocycles. The van der Waals surface area contributed by atoms with Crippen molar-refractivity contribution in [3.05, 3.63) is 89.0 Å². The van der Waals surface area contributed by atoms with Crippen molar-refractivity contribution in [2.75, 3.05) is 0 Å². The van der Waals surface area contributed by atoms with Gasteiger partial charge in [0.25, 0.3) is 0 Å². The molecule has 4 nitrogen and oxygen atoms in total. The first-order valence-electron chi connectivity index (χ1n) is 9.78. The number of pyridine rings is 1. The van der Waals surface area contributed by atoms with Crippen LogP contribution in [0.5, 0.6) is 0 Å². The van der Waals surface area contributed by atoms with E-state index < -0.39 is 0 Å². The fourth-order valence-electron chi connectivity index (χ4n) is 4.31. The standard InChI is InChI=1S/C23H26N4S/c1-4-26-16(2)14-19(17(26)3)22-21(20-12-8-9-13-24-20)25-23(28)27(22)15-18-10-6-5-7-11-18/h5-14,21-22H,4,15H2,1-3H3,(H,25,28)/t21-,22-/m1/s1. The Bertz CT molecular complexity index is 965. The number of aromatic nitrogens is 2. The summed E-state index contributed by atoms with van der Waals surface area (Å²) in [7, 11) is 0. The van der Waals surface area contributed by atoms with Gasteiger partial charge in [-0.25, -0.2) is 0 Å². The number of nitrogens with one attached hydrogen (secondary N) is 1. The van der Waals surface area contributed by atoms with Crippen molar-refractivity contribution in [1.82, 2.24) is 19.8 Å². The van der Waals surface area contributed by atoms with Gasteiger partial charge in [-0.15, -0.1) is 0 Å². The van der Waals surface area contributed by atoms with E-state index in [9.17, 15) is 0 Å². The first kappa shape index (κ1) is 18.7. The molecular weight excluding hydrogens is 364 g/mol. The van der Waals surface area contributed by atoms with Crippen LogP contribution in [0.4, 0.5) is 0 Å². The van der Waals surface area contributed by atoms with Gasteiger partial charge in [-0.05, 0) is 62.3 Å². The van der Waals surface area contributed by atoms with E-state index in [2.05, 4.69) is 76.9 Å². The van der Waals surface area contributed by atoms with Gasteiger partial charge < -0.3 is 14.8 Å². The number of thiocarbonyl (C=S) groups is 1. The van der Waals surface area contributed by atoms with Gasteiger partial charge in [-0.1, -0.05) is 36.4 Å². The largest absolute Gasteiger partial charge is 0.352 e. The number of aryl methyl sites for hydroxylation is 1. The monoisotopic (exact) mass is 390 g/mol. The van der Waals surface area contributed by atoms with E-state index in [-0.39, 0.29) is 12.1 Å². The van der Waals surface area contributed by atoms with Crippen molar-refractivity contribution in [2.24, 2.45) is 0 Å². The lowest BCUT2D eigenvalue weighted by Crippen LogP contribution is -2.29. The molecule has 0 unspecified atom stereocenters. The van der Waals surface area contributed by atoms with Crippen LogP contribution < -0.4 is 5.32 Å². The second-order valence-electron chi connectivity index (χ2n) is 7.31. The average Bonchev–Trinajstić information content (AvgIpc) is 3.19. The summed E-state index contributed by atoms with van der Waals surface area (Å²) in [5.74, 6) is 0. The lowest BCUT2D eigenvalue weighted by Gasteiger charge is -2.28. The maximum absolute atomic E-state index is 5.79. The molecule has 5 heteroatoms. The maximum Gasteiger partial charge on any atom is 0.170 e. The SMILES string of the molecule is CCn1c(C)cc([C@@H]2[C@@H](c3ccccn3)NC(=S)N2Cc2ccccc2)c1C. The summed E-state index contributed by atoms with van der Waals surface area (Å²) in [6.45, 7) is 8.33. The normalized spacial score (nSPS) is 19.1. The lowest BCUT2D eigenvalue weighted by molar-refractivity contribution is 0.310. The molecule has 144 valence electrons. The van der Waals surface area contributed by atoms with Crippen LogP contribution in [0.15, 0.2) is 60.8 Å². The number of nitrogens with zero attached hydrogens (tertiary/aromatic N) is 3. The topological polar surface area (TPSA) is 33.1 Å². The quantitative estimate of drug-likeness (QED) is 0.641. The highest BCUT2D eigenvalue weighted by Gasteiger charge is 2.41. The lowest BCUT2D eigenvalue weighted by atomic mass is 9.96. The average molecular weight is 391 g/mol. The molecule has 0 bridgehead atoms. The van der Waals surface area contributed by atoms with E-state index in [1.807, 2.05) is 24.4 Å². The van der Waals surface area contributed by atoms with Crippen LogP contribution in [-0.4, -0.2) is 19.6 Å². The molecular formula is C23H26N4S. The third kappa shape index (κ3) is 3.31. The van der Waals surface area contributed by atoms with Gasteiger partial charge in [-0.3, -0.25) is 4.98 Å². The molecule has 0 spiro atoms. The van der Waals surface area contributed by atoms with E-state index in [1.54, 1.807) is 0 Å². The van der Waals surface area contributed by atoms with E-state index in [0.29, 0.717) is 0 Å². The summed E-state index contributed by atoms with van der Waals surface area (Å²) in [6.07, 6.45) is 1.85. The number of rotatable bonds is 5. The summed E-state index contributed by atoms with van der Waals surface area (Å²) >= 11 is 5.79. The molecule has 3 heterocycles. The Morgan fingerprint density at radius 2 is 1.82 bits per heavy atom. The Hall–Kier alpha value is -2.66. The summed E-state index contributed by atoms with van der Waals surface area (Å²) < 4.78 is 2.37. The predicted molar refractivity (Wildman–Crippen MR) is 117 cm³/mol. The van der Waals surface area contributed by atoms with Crippen molar-refractivity contribution in [3.63, 3.8) is 0 Å². The Morgan fingerprint density at radius 1 is 1.07 bits per heavy atom. The van der Waals surface area contributed by atoms with Gasteiger partial charge in [0.1, 0.15) is 0 Å². The fraction of sp³-hybridized carbons (Fsp3) is 0.304. The molecule has 1 N–H and O–H groups in total. The third-order valence-corrected chi connectivity index (χ3v) is 5.99.